The molecule has 2 atom stereocenters. The second-order valence-electron chi connectivity index (χ2n) is 22.3. The summed E-state index contributed by atoms with van der Waals surface area (Å²) in [5.41, 5.74) is 5.43. The van der Waals surface area contributed by atoms with Crippen molar-refractivity contribution in [1.29, 1.82) is 0 Å². The van der Waals surface area contributed by atoms with Crippen LogP contribution < -0.4 is 11.1 Å². The van der Waals surface area contributed by atoms with Gasteiger partial charge in [0, 0.05) is 62.9 Å². The number of esters is 2. The van der Waals surface area contributed by atoms with E-state index >= 15 is 0 Å². The average Bonchev–Trinajstić information content (AvgIpc) is 3.43. The van der Waals surface area contributed by atoms with Crippen LogP contribution in [-0.4, -0.2) is 105 Å². The van der Waals surface area contributed by atoms with E-state index in [0.717, 1.165) is 127 Å². The first-order valence-electron chi connectivity index (χ1n) is 32.7. The topological polar surface area (TPSA) is 146 Å². The van der Waals surface area contributed by atoms with Gasteiger partial charge in [0.2, 0.25) is 11.8 Å². The summed E-state index contributed by atoms with van der Waals surface area (Å²) in [4.78, 5) is 54.2. The minimum Gasteiger partial charge on any atom is -0.465 e. The number of carbonyl (C=O) groups excluding carboxylic acids is 4. The van der Waals surface area contributed by atoms with Crippen molar-refractivity contribution in [2.24, 2.45) is 17.6 Å². The molecule has 2 unspecified atom stereocenters. The largest absolute Gasteiger partial charge is 0.465 e. The van der Waals surface area contributed by atoms with Crippen LogP contribution in [0.2, 0.25) is 0 Å². The summed E-state index contributed by atoms with van der Waals surface area (Å²) >= 11 is 0. The highest BCUT2D eigenvalue weighted by molar-refractivity contribution is 8.76. The van der Waals surface area contributed by atoms with Gasteiger partial charge in [-0.15, -0.1) is 0 Å². The first kappa shape index (κ1) is 75.5. The molecule has 2 amide bonds. The first-order valence-corrected chi connectivity index (χ1v) is 35.2. The van der Waals surface area contributed by atoms with Crippen LogP contribution in [0.1, 0.15) is 298 Å². The van der Waals surface area contributed by atoms with Gasteiger partial charge in [0.25, 0.3) is 0 Å². The Kier molecular flexibility index (Phi) is 59.3. The van der Waals surface area contributed by atoms with Crippen molar-refractivity contribution >= 4 is 45.3 Å². The minimum absolute atomic E-state index is 0.0148. The minimum atomic E-state index is -0.0248. The van der Waals surface area contributed by atoms with Gasteiger partial charge in [0.1, 0.15) is 0 Å². The summed E-state index contributed by atoms with van der Waals surface area (Å²) in [7, 11) is 3.45. The zero-order valence-corrected chi connectivity index (χ0v) is 52.7. The highest BCUT2D eigenvalue weighted by Gasteiger charge is 2.23. The number of hydrogen-bond acceptors (Lipinski definition) is 11. The molecule has 0 aliphatic heterocycles. The molecule has 0 radical (unpaired) electrons. The number of amides is 2. The predicted molar refractivity (Wildman–Crippen MR) is 331 cm³/mol. The lowest BCUT2D eigenvalue weighted by atomic mass is 9.96. The van der Waals surface area contributed by atoms with Gasteiger partial charge in [-0.2, -0.15) is 0 Å². The molecule has 0 rings (SSSR count). The lowest BCUT2D eigenvalue weighted by molar-refractivity contribution is -0.146. The monoisotopic (exact) mass is 1130 g/mol. The van der Waals surface area contributed by atoms with Gasteiger partial charge >= 0.3 is 11.9 Å². The van der Waals surface area contributed by atoms with Gasteiger partial charge in [0.05, 0.1) is 39.6 Å². The quantitative estimate of drug-likeness (QED) is 0.0341. The van der Waals surface area contributed by atoms with E-state index in [1.165, 1.54) is 128 Å². The van der Waals surface area contributed by atoms with E-state index < -0.39 is 0 Å². The molecule has 77 heavy (non-hydrogen) atoms. The van der Waals surface area contributed by atoms with Crippen molar-refractivity contribution in [1.82, 2.24) is 10.2 Å². The van der Waals surface area contributed by atoms with Crippen molar-refractivity contribution < 1.29 is 38.1 Å². The molecule has 11 nitrogen and oxygen atoms in total. The second kappa shape index (κ2) is 60.6. The fourth-order valence-electron chi connectivity index (χ4n) is 10.1. The molecule has 456 valence electrons. The Bertz CT molecular complexity index is 1240. The zero-order valence-electron chi connectivity index (χ0n) is 51.1. The molecular formula is C64H125N3O8S2. The molecule has 13 heteroatoms. The molecular weight excluding hydrogens is 1000 g/mol. The van der Waals surface area contributed by atoms with Crippen LogP contribution in [0.5, 0.6) is 0 Å². The Morgan fingerprint density at radius 2 is 0.831 bits per heavy atom. The number of unbranched alkanes of at least 4 members (excludes halogenated alkanes) is 24. The van der Waals surface area contributed by atoms with Crippen LogP contribution in [0.3, 0.4) is 0 Å². The van der Waals surface area contributed by atoms with Crippen molar-refractivity contribution in [3.8, 4) is 0 Å². The van der Waals surface area contributed by atoms with E-state index in [4.69, 9.17) is 24.7 Å². The van der Waals surface area contributed by atoms with Gasteiger partial charge in [-0.05, 0) is 69.6 Å². The van der Waals surface area contributed by atoms with Gasteiger partial charge in [-0.25, -0.2) is 0 Å². The smallest absolute Gasteiger partial charge is 0.305 e. The third-order valence-corrected chi connectivity index (χ3v) is 17.4. The van der Waals surface area contributed by atoms with Crippen LogP contribution in [0, 0.1) is 11.8 Å². The van der Waals surface area contributed by atoms with Crippen LogP contribution in [-0.2, 0) is 38.1 Å². The molecule has 0 bridgehead atoms. The molecule has 0 aromatic heterocycles. The Labute approximate surface area is 483 Å². The number of nitrogens with two attached hydrogens (primary N) is 1. The maximum atomic E-state index is 14.2. The summed E-state index contributed by atoms with van der Waals surface area (Å²) < 4.78 is 22.4. The fourth-order valence-corrected chi connectivity index (χ4v) is 12.0. The molecule has 3 N–H and O–H groups in total. The van der Waals surface area contributed by atoms with Crippen LogP contribution in [0.4, 0.5) is 0 Å². The maximum absolute atomic E-state index is 14.2. The summed E-state index contributed by atoms with van der Waals surface area (Å²) in [6.45, 7) is 16.2. The highest BCUT2D eigenvalue weighted by atomic mass is 33.1. The molecule has 0 heterocycles. The number of rotatable bonds is 62. The Morgan fingerprint density at radius 1 is 0.429 bits per heavy atom. The van der Waals surface area contributed by atoms with Crippen LogP contribution in [0.25, 0.3) is 0 Å². The van der Waals surface area contributed by atoms with E-state index in [2.05, 4.69) is 44.8 Å². The lowest BCUT2D eigenvalue weighted by Crippen LogP contribution is -2.41. The lowest BCUT2D eigenvalue weighted by Gasteiger charge is -2.33. The van der Waals surface area contributed by atoms with E-state index in [1.807, 2.05) is 0 Å². The standard InChI is InChI=1S/C64H125N3O8S2/c1-6-11-16-19-24-29-36-49-67(62(69)46-54-76-77-55-48-66-61(68)45-50-72-52-53-73-51-47-65)60(41-32-25-20-22-27-34-43-63(70)74-56-58(37-14-9-4)39-30-17-12-7-2)42-33-26-21-23-28-35-44-64(71)75-57-59(38-15-10-5)40-31-18-13-8-3/h58-60H,6-57,65H2,1-5H3,(H,66,68). The van der Waals surface area contributed by atoms with E-state index in [1.54, 1.807) is 21.6 Å². The van der Waals surface area contributed by atoms with Crippen LogP contribution >= 0.6 is 21.6 Å². The molecule has 0 spiro atoms. The molecule has 0 saturated carbocycles. The number of ether oxygens (including phenoxy) is 4. The zero-order chi connectivity index (χ0) is 56.3. The maximum Gasteiger partial charge on any atom is 0.305 e. The average molecular weight is 1130 g/mol. The summed E-state index contributed by atoms with van der Waals surface area (Å²) in [5, 5.41) is 2.99. The second-order valence-corrected chi connectivity index (χ2v) is 25.0. The number of nitrogens with one attached hydrogen (secondary N) is 1. The van der Waals surface area contributed by atoms with Gasteiger partial charge < -0.3 is 34.9 Å². The third kappa shape index (κ3) is 52.3. The van der Waals surface area contributed by atoms with Crippen molar-refractivity contribution in [2.75, 3.05) is 70.8 Å². The Hall–Kier alpha value is -1.54. The van der Waals surface area contributed by atoms with E-state index in [9.17, 15) is 19.2 Å². The fraction of sp³-hybridized carbons (Fsp3) is 0.938. The Morgan fingerprint density at radius 3 is 1.32 bits per heavy atom. The van der Waals surface area contributed by atoms with E-state index in [-0.39, 0.29) is 29.8 Å². The van der Waals surface area contributed by atoms with Crippen LogP contribution in [0.15, 0.2) is 0 Å². The molecule has 0 aliphatic rings. The highest BCUT2D eigenvalue weighted by Crippen LogP contribution is 2.26. The first-order chi connectivity index (χ1) is 37.8. The third-order valence-electron chi connectivity index (χ3n) is 15.0. The number of carbonyl (C=O) groups is 4. The molecule has 0 saturated heterocycles. The predicted octanol–water partition coefficient (Wildman–Crippen LogP) is 17.1. The van der Waals surface area contributed by atoms with Gasteiger partial charge in [-0.3, -0.25) is 19.2 Å². The van der Waals surface area contributed by atoms with Gasteiger partial charge in [0.15, 0.2) is 0 Å². The van der Waals surface area contributed by atoms with Crippen molar-refractivity contribution in [3.05, 3.63) is 0 Å². The van der Waals surface area contributed by atoms with Crippen molar-refractivity contribution in [3.63, 3.8) is 0 Å². The molecule has 0 aromatic carbocycles. The SMILES string of the molecule is CCCCCCCCCN(C(=O)CCSSCCNC(=O)CCOCCOCCN)C(CCCCCCCCC(=O)OCC(CCCC)CCCCCC)CCCCCCCCC(=O)OCC(CCCC)CCCCCC. The summed E-state index contributed by atoms with van der Waals surface area (Å²) in [6.07, 6.45) is 45.2. The summed E-state index contributed by atoms with van der Waals surface area (Å²) in [6, 6.07) is 0.253. The van der Waals surface area contributed by atoms with E-state index in [0.29, 0.717) is 90.2 Å². The number of nitrogens with zero attached hydrogens (tertiary/aromatic N) is 1. The molecule has 0 fully saturated rings. The Balaban J connectivity index is 5.30. The van der Waals surface area contributed by atoms with Gasteiger partial charge in [-0.1, -0.05) is 236 Å². The molecule has 0 aromatic rings. The normalized spacial score (nSPS) is 12.6. The molecule has 0 aliphatic carbocycles. The number of hydrogen-bond donors (Lipinski definition) is 2. The summed E-state index contributed by atoms with van der Waals surface area (Å²) in [5.74, 6) is 2.78. The van der Waals surface area contributed by atoms with Crippen molar-refractivity contribution in [2.45, 2.75) is 304 Å².